The summed E-state index contributed by atoms with van der Waals surface area (Å²) in [7, 11) is -4.27. The molecule has 252 valence electrons. The zero-order valence-corrected chi connectivity index (χ0v) is 28.9. The number of sulfonamides is 1. The highest BCUT2D eigenvalue weighted by Crippen LogP contribution is 2.33. The molecule has 1 fully saturated rings. The molecular weight excluding hydrogens is 646 g/mol. The van der Waals surface area contributed by atoms with Crippen LogP contribution in [0.5, 0.6) is 5.75 Å². The maximum Gasteiger partial charge on any atom is 0.264 e. The smallest absolute Gasteiger partial charge is 0.264 e. The Labute approximate surface area is 288 Å². The summed E-state index contributed by atoms with van der Waals surface area (Å²) in [5, 5.41) is 3.63. The molecule has 0 aromatic heterocycles. The van der Waals surface area contributed by atoms with E-state index in [4.69, 9.17) is 16.3 Å². The number of hydrogen-bond acceptors (Lipinski definition) is 5. The number of halogens is 1. The zero-order chi connectivity index (χ0) is 34.1. The Hall–Kier alpha value is -4.34. The Balaban J connectivity index is 1.60. The van der Waals surface area contributed by atoms with Gasteiger partial charge in [0.25, 0.3) is 10.0 Å². The van der Waals surface area contributed by atoms with Gasteiger partial charge >= 0.3 is 0 Å². The van der Waals surface area contributed by atoms with E-state index in [1.54, 1.807) is 48.5 Å². The molecule has 0 unspecified atom stereocenters. The monoisotopic (exact) mass is 687 g/mol. The van der Waals surface area contributed by atoms with E-state index in [1.165, 1.54) is 17.0 Å². The molecule has 1 saturated carbocycles. The number of ether oxygens (including phenoxy) is 1. The van der Waals surface area contributed by atoms with Crippen LogP contribution in [0, 0.1) is 6.92 Å². The molecule has 5 rings (SSSR count). The Morgan fingerprint density at radius 2 is 1.54 bits per heavy atom. The van der Waals surface area contributed by atoms with Crippen molar-refractivity contribution in [2.75, 3.05) is 17.5 Å². The fourth-order valence-electron chi connectivity index (χ4n) is 6.02. The van der Waals surface area contributed by atoms with E-state index in [2.05, 4.69) is 5.32 Å². The molecule has 0 spiro atoms. The molecule has 0 bridgehead atoms. The molecule has 4 aromatic carbocycles. The lowest BCUT2D eigenvalue weighted by atomic mass is 10.0. The molecule has 0 radical (unpaired) electrons. The van der Waals surface area contributed by atoms with Gasteiger partial charge in [0.1, 0.15) is 18.3 Å². The molecule has 10 heteroatoms. The van der Waals surface area contributed by atoms with Gasteiger partial charge in [-0.25, -0.2) is 8.42 Å². The minimum Gasteiger partial charge on any atom is -0.492 e. The molecule has 1 N–H and O–H groups in total. The first-order valence-corrected chi connectivity index (χ1v) is 18.2. The first-order valence-electron chi connectivity index (χ1n) is 16.4. The van der Waals surface area contributed by atoms with Gasteiger partial charge < -0.3 is 15.0 Å². The summed E-state index contributed by atoms with van der Waals surface area (Å²) < 4.78 is 35.7. The number of nitrogens with one attached hydrogen (secondary N) is 1. The second-order valence-electron chi connectivity index (χ2n) is 12.0. The van der Waals surface area contributed by atoms with Crippen LogP contribution in [-0.2, 0) is 32.6 Å². The average molecular weight is 688 g/mol. The van der Waals surface area contributed by atoms with Crippen LogP contribution in [-0.4, -0.2) is 50.4 Å². The van der Waals surface area contributed by atoms with Crippen molar-refractivity contribution in [3.8, 4) is 5.75 Å². The van der Waals surface area contributed by atoms with Gasteiger partial charge in [0.05, 0.1) is 17.2 Å². The fraction of sp³-hybridized carbons (Fsp3) is 0.316. The molecular formula is C38H42ClN3O5S. The second kappa shape index (κ2) is 16.2. The first kappa shape index (κ1) is 35.0. The Bertz CT molecular complexity index is 1790. The van der Waals surface area contributed by atoms with Crippen molar-refractivity contribution < 1.29 is 22.7 Å². The molecule has 0 aliphatic heterocycles. The van der Waals surface area contributed by atoms with E-state index in [0.717, 1.165) is 41.1 Å². The SMILES string of the molecule is CCOc1ccccc1N(CC(=O)N(Cc1ccccc1Cl)[C@@H](Cc1ccccc1)C(=O)NC1CCCC1)S(=O)(=O)c1ccc(C)cc1. The van der Waals surface area contributed by atoms with Crippen LogP contribution in [0.4, 0.5) is 5.69 Å². The van der Waals surface area contributed by atoms with Gasteiger partial charge in [0, 0.05) is 24.0 Å². The molecule has 0 saturated heterocycles. The number of carbonyl (C=O) groups excluding carboxylic acids is 2. The predicted molar refractivity (Wildman–Crippen MR) is 190 cm³/mol. The number of amides is 2. The Kier molecular flexibility index (Phi) is 11.8. The van der Waals surface area contributed by atoms with Crippen molar-refractivity contribution in [2.24, 2.45) is 0 Å². The lowest BCUT2D eigenvalue weighted by Gasteiger charge is -2.34. The van der Waals surface area contributed by atoms with Gasteiger partial charge in [0.2, 0.25) is 11.8 Å². The van der Waals surface area contributed by atoms with Crippen molar-refractivity contribution in [2.45, 2.75) is 69.5 Å². The summed E-state index contributed by atoms with van der Waals surface area (Å²) in [4.78, 5) is 30.5. The van der Waals surface area contributed by atoms with Crippen LogP contribution in [0.1, 0.15) is 49.3 Å². The summed E-state index contributed by atoms with van der Waals surface area (Å²) in [6.07, 6.45) is 4.04. The fourth-order valence-corrected chi connectivity index (χ4v) is 7.64. The van der Waals surface area contributed by atoms with Gasteiger partial charge in [-0.05, 0) is 68.1 Å². The van der Waals surface area contributed by atoms with Crippen LogP contribution in [0.2, 0.25) is 5.02 Å². The number of para-hydroxylation sites is 2. The Morgan fingerprint density at radius 1 is 0.896 bits per heavy atom. The number of aryl methyl sites for hydroxylation is 1. The summed E-state index contributed by atoms with van der Waals surface area (Å²) in [6.45, 7) is 3.40. The average Bonchev–Trinajstić information content (AvgIpc) is 3.60. The summed E-state index contributed by atoms with van der Waals surface area (Å²) >= 11 is 6.62. The number of rotatable bonds is 14. The minimum absolute atomic E-state index is 0.000377. The van der Waals surface area contributed by atoms with E-state index >= 15 is 0 Å². The van der Waals surface area contributed by atoms with Crippen molar-refractivity contribution >= 4 is 39.1 Å². The predicted octanol–water partition coefficient (Wildman–Crippen LogP) is 6.94. The lowest BCUT2D eigenvalue weighted by Crippen LogP contribution is -2.54. The molecule has 1 aliphatic rings. The first-order chi connectivity index (χ1) is 23.2. The van der Waals surface area contributed by atoms with Crippen molar-refractivity contribution in [3.63, 3.8) is 0 Å². The third-order valence-corrected chi connectivity index (χ3v) is 10.7. The number of benzene rings is 4. The van der Waals surface area contributed by atoms with E-state index in [1.807, 2.05) is 56.3 Å². The van der Waals surface area contributed by atoms with Crippen LogP contribution in [0.3, 0.4) is 0 Å². The Morgan fingerprint density at radius 3 is 2.23 bits per heavy atom. The van der Waals surface area contributed by atoms with Gasteiger partial charge in [0.15, 0.2) is 0 Å². The molecule has 0 heterocycles. The quantitative estimate of drug-likeness (QED) is 0.155. The second-order valence-corrected chi connectivity index (χ2v) is 14.3. The number of carbonyl (C=O) groups is 2. The van der Waals surface area contributed by atoms with Crippen LogP contribution >= 0.6 is 11.6 Å². The maximum absolute atomic E-state index is 14.8. The highest BCUT2D eigenvalue weighted by molar-refractivity contribution is 7.92. The molecule has 4 aromatic rings. The van der Waals surface area contributed by atoms with Gasteiger partial charge in [-0.1, -0.05) is 103 Å². The van der Waals surface area contributed by atoms with Crippen LogP contribution in [0.15, 0.2) is 108 Å². The summed E-state index contributed by atoms with van der Waals surface area (Å²) in [6, 6.07) is 29.0. The van der Waals surface area contributed by atoms with Crippen LogP contribution < -0.4 is 14.4 Å². The van der Waals surface area contributed by atoms with Crippen molar-refractivity contribution in [3.05, 3.63) is 125 Å². The molecule has 1 atom stereocenters. The number of anilines is 1. The maximum atomic E-state index is 14.8. The van der Waals surface area contributed by atoms with Gasteiger partial charge in [-0.2, -0.15) is 0 Å². The van der Waals surface area contributed by atoms with Crippen molar-refractivity contribution in [1.29, 1.82) is 0 Å². The highest BCUT2D eigenvalue weighted by Gasteiger charge is 2.36. The van der Waals surface area contributed by atoms with Crippen molar-refractivity contribution in [1.82, 2.24) is 10.2 Å². The highest BCUT2D eigenvalue weighted by atomic mass is 35.5. The zero-order valence-electron chi connectivity index (χ0n) is 27.3. The molecule has 2 amide bonds. The van der Waals surface area contributed by atoms with Gasteiger partial charge in [-0.15, -0.1) is 0 Å². The van der Waals surface area contributed by atoms with Crippen LogP contribution in [0.25, 0.3) is 0 Å². The standard InChI is InChI=1S/C38H42ClN3O5S/c1-3-47-36-20-12-11-19-34(36)42(48(45,46)32-23-21-28(2)22-24-32)27-37(43)41(26-30-15-7-10-18-33(30)39)35(25-29-13-5-4-6-14-29)38(44)40-31-16-8-9-17-31/h4-7,10-15,18-24,31,35H,3,8-9,16-17,25-27H2,1-2H3,(H,40,44)/t35-/m0/s1. The van der Waals surface area contributed by atoms with Gasteiger partial charge in [-0.3, -0.25) is 13.9 Å². The van der Waals surface area contributed by atoms with E-state index < -0.39 is 28.5 Å². The number of hydrogen-bond donors (Lipinski definition) is 1. The van der Waals surface area contributed by atoms with E-state index in [9.17, 15) is 18.0 Å². The third-order valence-electron chi connectivity index (χ3n) is 8.59. The lowest BCUT2D eigenvalue weighted by molar-refractivity contribution is -0.140. The summed E-state index contributed by atoms with van der Waals surface area (Å²) in [5.41, 5.74) is 2.63. The normalized spacial score (nSPS) is 13.9. The number of nitrogens with zero attached hydrogens (tertiary/aromatic N) is 2. The third kappa shape index (κ3) is 8.57. The summed E-state index contributed by atoms with van der Waals surface area (Å²) in [5.74, 6) is -0.519. The molecule has 48 heavy (non-hydrogen) atoms. The molecule has 1 aliphatic carbocycles. The minimum atomic E-state index is -4.27. The largest absolute Gasteiger partial charge is 0.492 e. The molecule has 8 nitrogen and oxygen atoms in total. The van der Waals surface area contributed by atoms with E-state index in [0.29, 0.717) is 22.9 Å². The van der Waals surface area contributed by atoms with E-state index in [-0.39, 0.29) is 35.5 Å². The topological polar surface area (TPSA) is 96.0 Å².